The third-order valence-corrected chi connectivity index (χ3v) is 2.93. The summed E-state index contributed by atoms with van der Waals surface area (Å²) in [4.78, 5) is 0. The Morgan fingerprint density at radius 1 is 1.12 bits per heavy atom. The maximum Gasteiger partial charge on any atom is 0.181 e. The van der Waals surface area contributed by atoms with Crippen LogP contribution in [0.1, 0.15) is 26.3 Å². The summed E-state index contributed by atoms with van der Waals surface area (Å²) in [6, 6.07) is 6.06. The van der Waals surface area contributed by atoms with Gasteiger partial charge < -0.3 is 19.3 Å². The Kier molecular flexibility index (Phi) is 9.49. The predicted octanol–water partition coefficient (Wildman–Crippen LogP) is 4.03. The number of hydrogen-bond donors (Lipinski definition) is 1. The van der Waals surface area contributed by atoms with E-state index in [0.717, 1.165) is 5.56 Å². The first-order valence-corrected chi connectivity index (χ1v) is 8.00. The molecule has 132 valence electrons. The van der Waals surface area contributed by atoms with Crippen LogP contribution in [0.5, 0.6) is 0 Å². The van der Waals surface area contributed by atoms with E-state index in [-0.39, 0.29) is 5.82 Å². The van der Waals surface area contributed by atoms with Crippen molar-refractivity contribution < 1.29 is 23.7 Å². The molecule has 0 fully saturated rings. The number of aliphatic hydroxyl groups excluding tert-OH is 1. The summed E-state index contributed by atoms with van der Waals surface area (Å²) in [5, 5.41) is 10.1. The van der Waals surface area contributed by atoms with Gasteiger partial charge >= 0.3 is 0 Å². The summed E-state index contributed by atoms with van der Waals surface area (Å²) in [5.41, 5.74) is 1.28. The van der Waals surface area contributed by atoms with Crippen LogP contribution in [0.25, 0.3) is 6.08 Å². The fourth-order valence-electron chi connectivity index (χ4n) is 1.86. The van der Waals surface area contributed by atoms with Crippen LogP contribution in [-0.4, -0.2) is 31.2 Å². The molecule has 0 heterocycles. The first kappa shape index (κ1) is 19.9. The van der Waals surface area contributed by atoms with E-state index in [0.29, 0.717) is 31.2 Å². The molecule has 0 aliphatic heterocycles. The molecule has 0 saturated heterocycles. The van der Waals surface area contributed by atoms with E-state index in [4.69, 9.17) is 14.2 Å². The van der Waals surface area contributed by atoms with E-state index in [9.17, 15) is 9.50 Å². The lowest BCUT2D eigenvalue weighted by atomic mass is 10.1. The second-order valence-corrected chi connectivity index (χ2v) is 4.74. The van der Waals surface area contributed by atoms with Crippen molar-refractivity contribution in [1.29, 1.82) is 0 Å². The standard InChI is InChI=1S/C19H25FO4/c1-4-22-12-11-16(19(21)24-6-3)14-18(23-5-2)13-15-7-9-17(20)10-8-15/h7-14,19,21H,4-6H2,1-3H3/b12-11+,16-14+,18-13-. The lowest BCUT2D eigenvalue weighted by Gasteiger charge is -2.13. The number of benzene rings is 1. The largest absolute Gasteiger partial charge is 0.501 e. The van der Waals surface area contributed by atoms with Crippen LogP contribution in [0, 0.1) is 5.82 Å². The quantitative estimate of drug-likeness (QED) is 0.398. The van der Waals surface area contributed by atoms with E-state index in [2.05, 4.69) is 0 Å². The minimum atomic E-state index is -1.09. The SMILES string of the molecule is CCO/C=C/C(=C\C(=C\c1ccc(F)cc1)OCC)C(O)OCC. The van der Waals surface area contributed by atoms with Gasteiger partial charge in [0.1, 0.15) is 11.6 Å². The van der Waals surface area contributed by atoms with Gasteiger partial charge in [0.2, 0.25) is 0 Å². The maximum atomic E-state index is 13.0. The molecule has 5 heteroatoms. The first-order chi connectivity index (χ1) is 11.6. The fourth-order valence-corrected chi connectivity index (χ4v) is 1.86. The van der Waals surface area contributed by atoms with E-state index in [1.165, 1.54) is 18.4 Å². The molecule has 24 heavy (non-hydrogen) atoms. The topological polar surface area (TPSA) is 47.9 Å². The molecule has 0 aliphatic rings. The smallest absolute Gasteiger partial charge is 0.181 e. The van der Waals surface area contributed by atoms with Crippen LogP contribution in [0.3, 0.4) is 0 Å². The summed E-state index contributed by atoms with van der Waals surface area (Å²) < 4.78 is 29.0. The highest BCUT2D eigenvalue weighted by molar-refractivity contribution is 5.54. The molecule has 4 nitrogen and oxygen atoms in total. The van der Waals surface area contributed by atoms with Crippen LogP contribution in [0.15, 0.2) is 54.0 Å². The third kappa shape index (κ3) is 7.44. The zero-order valence-electron chi connectivity index (χ0n) is 14.4. The van der Waals surface area contributed by atoms with Gasteiger partial charge in [0.05, 0.1) is 19.5 Å². The molecule has 0 amide bonds. The molecule has 1 aromatic rings. The van der Waals surface area contributed by atoms with Gasteiger partial charge in [-0.05, 0) is 56.7 Å². The van der Waals surface area contributed by atoms with Gasteiger partial charge in [0.15, 0.2) is 6.29 Å². The lowest BCUT2D eigenvalue weighted by molar-refractivity contribution is -0.0650. The summed E-state index contributed by atoms with van der Waals surface area (Å²) in [7, 11) is 0. The third-order valence-electron chi connectivity index (χ3n) is 2.93. The summed E-state index contributed by atoms with van der Waals surface area (Å²) >= 11 is 0. The van der Waals surface area contributed by atoms with Crippen molar-refractivity contribution in [2.24, 2.45) is 0 Å². The molecular weight excluding hydrogens is 311 g/mol. The molecule has 1 N–H and O–H groups in total. The Morgan fingerprint density at radius 3 is 2.42 bits per heavy atom. The zero-order chi connectivity index (χ0) is 17.8. The Balaban J connectivity index is 3.11. The second kappa shape index (κ2) is 11.4. The highest BCUT2D eigenvalue weighted by Crippen LogP contribution is 2.16. The van der Waals surface area contributed by atoms with Gasteiger partial charge in [-0.25, -0.2) is 4.39 Å². The normalized spacial score (nSPS) is 14.0. The maximum absolute atomic E-state index is 13.0. The van der Waals surface area contributed by atoms with Crippen LogP contribution in [0.4, 0.5) is 4.39 Å². The number of ether oxygens (including phenoxy) is 3. The van der Waals surface area contributed by atoms with Crippen LogP contribution >= 0.6 is 0 Å². The molecule has 0 aliphatic carbocycles. The van der Waals surface area contributed by atoms with Gasteiger partial charge in [-0.15, -0.1) is 0 Å². The molecule has 1 aromatic carbocycles. The van der Waals surface area contributed by atoms with Crippen molar-refractivity contribution in [2.75, 3.05) is 19.8 Å². The van der Waals surface area contributed by atoms with Crippen molar-refractivity contribution in [3.63, 3.8) is 0 Å². The molecule has 0 radical (unpaired) electrons. The Bertz CT molecular complexity index is 561. The average Bonchev–Trinajstić information content (AvgIpc) is 2.56. The van der Waals surface area contributed by atoms with E-state index < -0.39 is 6.29 Å². The molecule has 0 saturated carbocycles. The van der Waals surface area contributed by atoms with Crippen LogP contribution in [0.2, 0.25) is 0 Å². The summed E-state index contributed by atoms with van der Waals surface area (Å²) in [5.74, 6) is 0.228. The average molecular weight is 336 g/mol. The summed E-state index contributed by atoms with van der Waals surface area (Å²) in [6.45, 7) is 6.88. The van der Waals surface area contributed by atoms with Gasteiger partial charge in [-0.3, -0.25) is 0 Å². The first-order valence-electron chi connectivity index (χ1n) is 8.00. The van der Waals surface area contributed by atoms with Gasteiger partial charge in [0, 0.05) is 12.2 Å². The van der Waals surface area contributed by atoms with Crippen LogP contribution < -0.4 is 0 Å². The highest BCUT2D eigenvalue weighted by atomic mass is 19.1. The summed E-state index contributed by atoms with van der Waals surface area (Å²) in [6.07, 6.45) is 5.46. The van der Waals surface area contributed by atoms with E-state index >= 15 is 0 Å². The number of halogens is 1. The molecule has 1 rings (SSSR count). The van der Waals surface area contributed by atoms with Crippen molar-refractivity contribution in [3.05, 3.63) is 65.4 Å². The van der Waals surface area contributed by atoms with Gasteiger partial charge in [0.25, 0.3) is 0 Å². The molecule has 0 aromatic heterocycles. The fraction of sp³-hybridized carbons (Fsp3) is 0.368. The lowest BCUT2D eigenvalue weighted by Crippen LogP contribution is -2.14. The van der Waals surface area contributed by atoms with Crippen molar-refractivity contribution in [2.45, 2.75) is 27.1 Å². The number of hydrogen-bond acceptors (Lipinski definition) is 4. The van der Waals surface area contributed by atoms with Crippen molar-refractivity contribution in [1.82, 2.24) is 0 Å². The molecule has 0 spiro atoms. The van der Waals surface area contributed by atoms with Crippen molar-refractivity contribution >= 4 is 6.08 Å². The molecule has 1 atom stereocenters. The number of aliphatic hydroxyl groups is 1. The van der Waals surface area contributed by atoms with E-state index in [1.54, 1.807) is 37.3 Å². The van der Waals surface area contributed by atoms with Crippen LogP contribution in [-0.2, 0) is 14.2 Å². The molecular formula is C19H25FO4. The zero-order valence-corrected chi connectivity index (χ0v) is 14.4. The Labute approximate surface area is 142 Å². The minimum Gasteiger partial charge on any atom is -0.501 e. The second-order valence-electron chi connectivity index (χ2n) is 4.74. The van der Waals surface area contributed by atoms with E-state index in [1.807, 2.05) is 13.8 Å². The monoisotopic (exact) mass is 336 g/mol. The van der Waals surface area contributed by atoms with Gasteiger partial charge in [-0.1, -0.05) is 12.1 Å². The highest BCUT2D eigenvalue weighted by Gasteiger charge is 2.09. The Morgan fingerprint density at radius 2 is 1.83 bits per heavy atom. The molecule has 0 bridgehead atoms. The number of rotatable bonds is 10. The minimum absolute atomic E-state index is 0.298. The van der Waals surface area contributed by atoms with Crippen molar-refractivity contribution in [3.8, 4) is 0 Å². The number of allylic oxidation sites excluding steroid dienone is 1. The Hall–Kier alpha value is -2.11. The predicted molar refractivity (Wildman–Crippen MR) is 92.5 cm³/mol. The molecule has 1 unspecified atom stereocenters. The van der Waals surface area contributed by atoms with Gasteiger partial charge in [-0.2, -0.15) is 0 Å².